The molecule has 0 aliphatic heterocycles. The number of aliphatic hydroxyl groups is 1. The summed E-state index contributed by atoms with van der Waals surface area (Å²) < 4.78 is 5.06. The Morgan fingerprint density at radius 3 is 3.06 bits per heavy atom. The van der Waals surface area contributed by atoms with Gasteiger partial charge in [0.15, 0.2) is 5.82 Å². The molecule has 0 bridgehead atoms. The number of nitrogens with zero attached hydrogens (tertiary/aromatic N) is 2. The predicted octanol–water partition coefficient (Wildman–Crippen LogP) is 1.36. The van der Waals surface area contributed by atoms with E-state index < -0.39 is 6.04 Å². The van der Waals surface area contributed by atoms with Crippen LogP contribution in [0.1, 0.15) is 56.3 Å². The van der Waals surface area contributed by atoms with Gasteiger partial charge in [-0.1, -0.05) is 24.9 Å². The number of rotatable bonds is 3. The fourth-order valence-corrected chi connectivity index (χ4v) is 2.31. The van der Waals surface area contributed by atoms with E-state index in [9.17, 15) is 0 Å². The number of aliphatic hydroxyl groups excluding tert-OH is 1. The van der Waals surface area contributed by atoms with Crippen molar-refractivity contribution in [1.29, 1.82) is 0 Å². The van der Waals surface area contributed by atoms with Crippen molar-refractivity contribution in [1.82, 2.24) is 10.1 Å². The molecule has 5 heteroatoms. The van der Waals surface area contributed by atoms with Crippen LogP contribution in [-0.4, -0.2) is 21.9 Å². The lowest BCUT2D eigenvalue weighted by Crippen LogP contribution is -2.16. The lowest BCUT2D eigenvalue weighted by molar-refractivity contribution is 0.236. The average molecular weight is 225 g/mol. The maximum Gasteiger partial charge on any atom is 0.245 e. The minimum absolute atomic E-state index is 0.164. The van der Waals surface area contributed by atoms with Crippen LogP contribution in [0.25, 0.3) is 0 Å². The molecule has 90 valence electrons. The monoisotopic (exact) mass is 225 g/mol. The van der Waals surface area contributed by atoms with Crippen LogP contribution in [0.3, 0.4) is 0 Å². The summed E-state index contributed by atoms with van der Waals surface area (Å²) in [5.41, 5.74) is 5.62. The van der Waals surface area contributed by atoms with E-state index in [-0.39, 0.29) is 6.61 Å². The molecule has 1 aromatic heterocycles. The summed E-state index contributed by atoms with van der Waals surface area (Å²) in [5, 5.41) is 12.9. The zero-order valence-corrected chi connectivity index (χ0v) is 9.59. The van der Waals surface area contributed by atoms with Gasteiger partial charge in [0.2, 0.25) is 5.89 Å². The normalized spacial score (nSPS) is 27.9. The van der Waals surface area contributed by atoms with E-state index in [4.69, 9.17) is 15.4 Å². The van der Waals surface area contributed by atoms with Crippen LogP contribution >= 0.6 is 0 Å². The highest BCUT2D eigenvalue weighted by atomic mass is 16.5. The minimum Gasteiger partial charge on any atom is -0.394 e. The third kappa shape index (κ3) is 2.41. The van der Waals surface area contributed by atoms with Crippen molar-refractivity contribution in [3.05, 3.63) is 11.7 Å². The van der Waals surface area contributed by atoms with Crippen LogP contribution in [-0.2, 0) is 0 Å². The molecule has 0 aromatic carbocycles. The summed E-state index contributed by atoms with van der Waals surface area (Å²) in [4.78, 5) is 4.28. The van der Waals surface area contributed by atoms with E-state index in [0.717, 1.165) is 24.6 Å². The van der Waals surface area contributed by atoms with E-state index in [1.54, 1.807) is 0 Å². The van der Waals surface area contributed by atoms with Gasteiger partial charge < -0.3 is 15.4 Å². The first-order valence-corrected chi connectivity index (χ1v) is 5.90. The largest absolute Gasteiger partial charge is 0.394 e. The molecule has 1 heterocycles. The fraction of sp³-hybridized carbons (Fsp3) is 0.818. The van der Waals surface area contributed by atoms with E-state index in [1.807, 2.05) is 0 Å². The Balaban J connectivity index is 2.06. The van der Waals surface area contributed by atoms with Gasteiger partial charge in [-0.25, -0.2) is 0 Å². The molecule has 0 amide bonds. The van der Waals surface area contributed by atoms with Gasteiger partial charge in [0, 0.05) is 5.92 Å². The third-order valence-electron chi connectivity index (χ3n) is 3.27. The lowest BCUT2D eigenvalue weighted by atomic mass is 9.82. The molecule has 1 aromatic rings. The Hall–Kier alpha value is -0.940. The smallest absolute Gasteiger partial charge is 0.245 e. The second-order valence-electron chi connectivity index (χ2n) is 4.75. The van der Waals surface area contributed by atoms with Crippen molar-refractivity contribution in [3.63, 3.8) is 0 Å². The molecule has 1 aliphatic carbocycles. The Bertz CT molecular complexity index is 340. The van der Waals surface area contributed by atoms with Crippen LogP contribution in [0.15, 0.2) is 4.52 Å². The first kappa shape index (κ1) is 11.5. The second kappa shape index (κ2) is 4.93. The van der Waals surface area contributed by atoms with Gasteiger partial charge in [0.25, 0.3) is 0 Å². The molecule has 0 spiro atoms. The van der Waals surface area contributed by atoms with Gasteiger partial charge in [-0.2, -0.15) is 4.98 Å². The summed E-state index contributed by atoms with van der Waals surface area (Å²) in [5.74, 6) is 2.22. The van der Waals surface area contributed by atoms with E-state index in [0.29, 0.717) is 11.8 Å². The van der Waals surface area contributed by atoms with Crippen molar-refractivity contribution in [2.45, 2.75) is 44.6 Å². The predicted molar refractivity (Wildman–Crippen MR) is 58.7 cm³/mol. The van der Waals surface area contributed by atoms with Gasteiger partial charge >= 0.3 is 0 Å². The van der Waals surface area contributed by atoms with Crippen molar-refractivity contribution in [3.8, 4) is 0 Å². The van der Waals surface area contributed by atoms with Crippen LogP contribution in [0, 0.1) is 5.92 Å². The van der Waals surface area contributed by atoms with Crippen LogP contribution in [0.2, 0.25) is 0 Å². The molecular weight excluding hydrogens is 206 g/mol. The van der Waals surface area contributed by atoms with Gasteiger partial charge in [-0.05, 0) is 18.8 Å². The molecule has 2 rings (SSSR count). The first-order valence-electron chi connectivity index (χ1n) is 5.90. The van der Waals surface area contributed by atoms with Crippen LogP contribution < -0.4 is 5.73 Å². The second-order valence-corrected chi connectivity index (χ2v) is 4.75. The molecular formula is C11H19N3O2. The highest BCUT2D eigenvalue weighted by molar-refractivity contribution is 4.99. The molecule has 1 aliphatic rings. The summed E-state index contributed by atoms with van der Waals surface area (Å²) in [6.45, 7) is 2.09. The van der Waals surface area contributed by atoms with Crippen molar-refractivity contribution in [2.24, 2.45) is 11.7 Å². The molecule has 16 heavy (non-hydrogen) atoms. The number of nitrogens with two attached hydrogens (primary N) is 1. The molecule has 0 radical (unpaired) electrons. The highest BCUT2D eigenvalue weighted by Crippen LogP contribution is 2.34. The highest BCUT2D eigenvalue weighted by Gasteiger charge is 2.25. The zero-order chi connectivity index (χ0) is 11.5. The van der Waals surface area contributed by atoms with E-state index in [2.05, 4.69) is 17.1 Å². The summed E-state index contributed by atoms with van der Waals surface area (Å²) in [6, 6.07) is -0.553. The maximum absolute atomic E-state index is 8.90. The van der Waals surface area contributed by atoms with E-state index >= 15 is 0 Å². The lowest BCUT2D eigenvalue weighted by Gasteiger charge is -2.23. The molecule has 1 fully saturated rings. The molecule has 3 atom stereocenters. The van der Waals surface area contributed by atoms with Gasteiger partial charge in [-0.15, -0.1) is 0 Å². The SMILES string of the molecule is CC1CCCC(c2noc([C@H](N)CO)n2)C1. The third-order valence-corrected chi connectivity index (χ3v) is 3.27. The Labute approximate surface area is 95.0 Å². The van der Waals surface area contributed by atoms with Gasteiger partial charge in [0.05, 0.1) is 6.61 Å². The fourth-order valence-electron chi connectivity index (χ4n) is 2.31. The molecule has 2 unspecified atom stereocenters. The zero-order valence-electron chi connectivity index (χ0n) is 9.59. The van der Waals surface area contributed by atoms with Crippen LogP contribution in [0.4, 0.5) is 0 Å². The molecule has 5 nitrogen and oxygen atoms in total. The van der Waals surface area contributed by atoms with Crippen molar-refractivity contribution in [2.75, 3.05) is 6.61 Å². The van der Waals surface area contributed by atoms with E-state index in [1.165, 1.54) is 12.8 Å². The van der Waals surface area contributed by atoms with Gasteiger partial charge in [0.1, 0.15) is 6.04 Å². The molecule has 1 saturated carbocycles. The standard InChI is InChI=1S/C11H19N3O2/c1-7-3-2-4-8(5-7)10-13-11(16-14-10)9(12)6-15/h7-9,15H,2-6,12H2,1H3/t7?,8?,9-/m1/s1. The quantitative estimate of drug-likeness (QED) is 0.811. The first-order chi connectivity index (χ1) is 7.70. The Kier molecular flexibility index (Phi) is 3.56. The number of hydrogen-bond donors (Lipinski definition) is 2. The topological polar surface area (TPSA) is 85.2 Å². The molecule has 0 saturated heterocycles. The van der Waals surface area contributed by atoms with Crippen molar-refractivity contribution < 1.29 is 9.63 Å². The van der Waals surface area contributed by atoms with Crippen molar-refractivity contribution >= 4 is 0 Å². The molecule has 3 N–H and O–H groups in total. The number of hydrogen-bond acceptors (Lipinski definition) is 5. The summed E-state index contributed by atoms with van der Waals surface area (Å²) >= 11 is 0. The Morgan fingerprint density at radius 1 is 1.56 bits per heavy atom. The summed E-state index contributed by atoms with van der Waals surface area (Å²) in [6.07, 6.45) is 4.75. The number of aromatic nitrogens is 2. The minimum atomic E-state index is -0.553. The van der Waals surface area contributed by atoms with Crippen LogP contribution in [0.5, 0.6) is 0 Å². The van der Waals surface area contributed by atoms with Gasteiger partial charge in [-0.3, -0.25) is 0 Å². The Morgan fingerprint density at radius 2 is 2.38 bits per heavy atom. The maximum atomic E-state index is 8.90. The summed E-state index contributed by atoms with van der Waals surface area (Å²) in [7, 11) is 0. The average Bonchev–Trinajstić information content (AvgIpc) is 2.77.